The summed E-state index contributed by atoms with van der Waals surface area (Å²) in [7, 11) is 0. The second-order valence-electron chi connectivity index (χ2n) is 5.28. The van der Waals surface area contributed by atoms with Crippen molar-refractivity contribution in [3.63, 3.8) is 0 Å². The van der Waals surface area contributed by atoms with Gasteiger partial charge in [-0.1, -0.05) is 20.8 Å². The molecule has 1 aromatic rings. The predicted molar refractivity (Wildman–Crippen MR) is 68.2 cm³/mol. The van der Waals surface area contributed by atoms with Crippen LogP contribution in [-0.4, -0.2) is 19.1 Å². The first-order chi connectivity index (χ1) is 7.89. The van der Waals surface area contributed by atoms with Crippen LogP contribution in [-0.2, 0) is 4.79 Å². The number of rotatable bonds is 0. The van der Waals surface area contributed by atoms with E-state index in [0.717, 1.165) is 11.4 Å². The van der Waals surface area contributed by atoms with Gasteiger partial charge in [-0.3, -0.25) is 4.79 Å². The number of benzene rings is 1. The average Bonchev–Trinajstić information content (AvgIpc) is 2.26. The van der Waals surface area contributed by atoms with Gasteiger partial charge >= 0.3 is 0 Å². The van der Waals surface area contributed by atoms with Crippen molar-refractivity contribution in [1.82, 2.24) is 0 Å². The fourth-order valence-electron chi connectivity index (χ4n) is 1.85. The van der Waals surface area contributed by atoms with Crippen LogP contribution in [0.5, 0.6) is 5.75 Å². The summed E-state index contributed by atoms with van der Waals surface area (Å²) in [6.45, 7) is 6.84. The van der Waals surface area contributed by atoms with Crippen LogP contribution >= 0.6 is 0 Å². The van der Waals surface area contributed by atoms with Crippen LogP contribution in [0.4, 0.5) is 11.4 Å². The van der Waals surface area contributed by atoms with E-state index >= 15 is 0 Å². The largest absolute Gasteiger partial charge is 0.490 e. The number of carbonyl (C=O) groups excluding carboxylic acids is 1. The average molecular weight is 234 g/mol. The molecule has 1 heterocycles. The lowest BCUT2D eigenvalue weighted by atomic mass is 9.94. The number of anilines is 2. The first-order valence-electron chi connectivity index (χ1n) is 5.74. The summed E-state index contributed by atoms with van der Waals surface area (Å²) in [5.41, 5.74) is 6.77. The Balaban J connectivity index is 2.41. The van der Waals surface area contributed by atoms with Crippen LogP contribution in [0.1, 0.15) is 20.8 Å². The highest BCUT2D eigenvalue weighted by atomic mass is 16.5. The monoisotopic (exact) mass is 234 g/mol. The van der Waals surface area contributed by atoms with Gasteiger partial charge in [-0.2, -0.15) is 0 Å². The Bertz CT molecular complexity index is 449. The molecule has 0 spiro atoms. The van der Waals surface area contributed by atoms with E-state index in [2.05, 4.69) is 0 Å². The standard InChI is InChI=1S/C13H18N2O2/c1-13(2,3)12(16)15-6-7-17-11-5-4-9(14)8-10(11)15/h4-5,8H,6-7,14H2,1-3H3. The molecule has 2 rings (SSSR count). The first kappa shape index (κ1) is 11.8. The van der Waals surface area contributed by atoms with Gasteiger partial charge in [0.2, 0.25) is 5.91 Å². The van der Waals surface area contributed by atoms with Gasteiger partial charge in [0.25, 0.3) is 0 Å². The Morgan fingerprint density at radius 1 is 1.41 bits per heavy atom. The lowest BCUT2D eigenvalue weighted by Gasteiger charge is -2.34. The molecule has 0 radical (unpaired) electrons. The molecule has 0 saturated carbocycles. The molecule has 0 saturated heterocycles. The summed E-state index contributed by atoms with van der Waals surface area (Å²) in [5.74, 6) is 0.815. The van der Waals surface area contributed by atoms with E-state index in [0.29, 0.717) is 18.8 Å². The van der Waals surface area contributed by atoms with Crippen molar-refractivity contribution in [2.45, 2.75) is 20.8 Å². The van der Waals surface area contributed by atoms with E-state index in [1.807, 2.05) is 26.8 Å². The van der Waals surface area contributed by atoms with Crippen molar-refractivity contribution < 1.29 is 9.53 Å². The van der Waals surface area contributed by atoms with Crippen molar-refractivity contribution in [3.05, 3.63) is 18.2 Å². The topological polar surface area (TPSA) is 55.6 Å². The van der Waals surface area contributed by atoms with E-state index in [1.54, 1.807) is 17.0 Å². The van der Waals surface area contributed by atoms with Gasteiger partial charge in [-0.25, -0.2) is 0 Å². The summed E-state index contributed by atoms with van der Waals surface area (Å²) >= 11 is 0. The van der Waals surface area contributed by atoms with Gasteiger partial charge in [-0.15, -0.1) is 0 Å². The van der Waals surface area contributed by atoms with Gasteiger partial charge < -0.3 is 15.4 Å². The van der Waals surface area contributed by atoms with E-state index in [1.165, 1.54) is 0 Å². The lowest BCUT2D eigenvalue weighted by Crippen LogP contribution is -2.44. The Hall–Kier alpha value is -1.71. The van der Waals surface area contributed by atoms with Gasteiger partial charge in [0.15, 0.2) is 0 Å². The molecule has 4 heteroatoms. The molecular weight excluding hydrogens is 216 g/mol. The molecule has 2 N–H and O–H groups in total. The number of hydrogen-bond acceptors (Lipinski definition) is 3. The smallest absolute Gasteiger partial charge is 0.232 e. The molecule has 92 valence electrons. The van der Waals surface area contributed by atoms with Crippen LogP contribution in [0, 0.1) is 5.41 Å². The molecule has 0 unspecified atom stereocenters. The summed E-state index contributed by atoms with van der Waals surface area (Å²) in [5, 5.41) is 0. The quantitative estimate of drug-likeness (QED) is 0.699. The predicted octanol–water partition coefficient (Wildman–Crippen LogP) is 2.04. The molecule has 0 aliphatic carbocycles. The minimum absolute atomic E-state index is 0.0904. The number of nitrogen functional groups attached to an aromatic ring is 1. The van der Waals surface area contributed by atoms with Gasteiger partial charge in [0.05, 0.1) is 12.2 Å². The molecule has 1 aliphatic heterocycles. The van der Waals surface area contributed by atoms with Crippen molar-refractivity contribution >= 4 is 17.3 Å². The second kappa shape index (κ2) is 3.95. The summed E-state index contributed by atoms with van der Waals surface area (Å²) in [6, 6.07) is 5.38. The number of hydrogen-bond donors (Lipinski definition) is 1. The molecule has 1 aliphatic rings. The van der Waals surface area contributed by atoms with Crippen LogP contribution in [0.3, 0.4) is 0 Å². The Morgan fingerprint density at radius 3 is 2.76 bits per heavy atom. The third-order valence-electron chi connectivity index (χ3n) is 2.73. The Labute approximate surface area is 101 Å². The lowest BCUT2D eigenvalue weighted by molar-refractivity contribution is -0.126. The SMILES string of the molecule is CC(C)(C)C(=O)N1CCOc2ccc(N)cc21. The molecule has 0 fully saturated rings. The minimum Gasteiger partial charge on any atom is -0.490 e. The Morgan fingerprint density at radius 2 is 2.12 bits per heavy atom. The fraction of sp³-hybridized carbons (Fsp3) is 0.462. The summed E-state index contributed by atoms with van der Waals surface area (Å²) in [4.78, 5) is 14.1. The highest BCUT2D eigenvalue weighted by molar-refractivity contribution is 5.99. The third-order valence-corrected chi connectivity index (χ3v) is 2.73. The van der Waals surface area contributed by atoms with Gasteiger partial charge in [-0.05, 0) is 18.2 Å². The number of carbonyl (C=O) groups is 1. The first-order valence-corrected chi connectivity index (χ1v) is 5.74. The fourth-order valence-corrected chi connectivity index (χ4v) is 1.85. The van der Waals surface area contributed by atoms with E-state index in [4.69, 9.17) is 10.5 Å². The third kappa shape index (κ3) is 2.20. The summed E-state index contributed by atoms with van der Waals surface area (Å²) < 4.78 is 5.52. The molecule has 17 heavy (non-hydrogen) atoms. The highest BCUT2D eigenvalue weighted by Crippen LogP contribution is 2.35. The number of fused-ring (bicyclic) bond motifs is 1. The zero-order valence-electron chi connectivity index (χ0n) is 10.5. The van der Waals surface area contributed by atoms with E-state index in [-0.39, 0.29) is 5.91 Å². The summed E-state index contributed by atoms with van der Waals surface area (Å²) in [6.07, 6.45) is 0. The number of nitrogens with zero attached hydrogens (tertiary/aromatic N) is 1. The molecule has 0 bridgehead atoms. The van der Waals surface area contributed by atoms with Crippen LogP contribution in [0.25, 0.3) is 0 Å². The molecular formula is C13H18N2O2. The molecule has 0 aromatic heterocycles. The minimum atomic E-state index is -0.404. The van der Waals surface area contributed by atoms with Gasteiger partial charge in [0, 0.05) is 11.1 Å². The Kier molecular flexibility index (Phi) is 2.73. The van der Waals surface area contributed by atoms with Gasteiger partial charge in [0.1, 0.15) is 12.4 Å². The van der Waals surface area contributed by atoms with E-state index in [9.17, 15) is 4.79 Å². The van der Waals surface area contributed by atoms with Crippen LogP contribution < -0.4 is 15.4 Å². The number of amides is 1. The molecule has 4 nitrogen and oxygen atoms in total. The maximum atomic E-state index is 12.3. The molecule has 0 atom stereocenters. The van der Waals surface area contributed by atoms with Crippen LogP contribution in [0.15, 0.2) is 18.2 Å². The molecule has 1 aromatic carbocycles. The zero-order chi connectivity index (χ0) is 12.6. The maximum absolute atomic E-state index is 12.3. The maximum Gasteiger partial charge on any atom is 0.232 e. The second-order valence-corrected chi connectivity index (χ2v) is 5.28. The van der Waals surface area contributed by atoms with Crippen molar-refractivity contribution in [2.75, 3.05) is 23.8 Å². The van der Waals surface area contributed by atoms with E-state index < -0.39 is 5.41 Å². The van der Waals surface area contributed by atoms with Crippen molar-refractivity contribution in [2.24, 2.45) is 5.41 Å². The highest BCUT2D eigenvalue weighted by Gasteiger charge is 2.31. The van der Waals surface area contributed by atoms with Crippen LogP contribution in [0.2, 0.25) is 0 Å². The molecule has 1 amide bonds. The number of nitrogens with two attached hydrogens (primary N) is 1. The van der Waals surface area contributed by atoms with Crippen molar-refractivity contribution in [1.29, 1.82) is 0 Å². The van der Waals surface area contributed by atoms with Crippen molar-refractivity contribution in [3.8, 4) is 5.75 Å². The zero-order valence-corrected chi connectivity index (χ0v) is 10.5. The normalized spacial score (nSPS) is 15.1. The number of ether oxygens (including phenoxy) is 1.